The van der Waals surface area contributed by atoms with E-state index in [-0.39, 0.29) is 20.9 Å². The monoisotopic (exact) mass is 328 g/mol. The van der Waals surface area contributed by atoms with E-state index in [4.69, 9.17) is 27.6 Å². The van der Waals surface area contributed by atoms with Crippen LogP contribution in [0.5, 0.6) is 0 Å². The normalized spacial score (nSPS) is 11.7. The molecule has 0 N–H and O–H groups in total. The summed E-state index contributed by atoms with van der Waals surface area (Å²) in [5.74, 6) is 0.451. The number of halogens is 2. The predicted octanol–water partition coefficient (Wildman–Crippen LogP) is 5.40. The molecule has 0 spiro atoms. The van der Waals surface area contributed by atoms with Crippen molar-refractivity contribution in [3.63, 3.8) is 0 Å². The third-order valence-corrected chi connectivity index (χ3v) is 4.39. The van der Waals surface area contributed by atoms with Crippen LogP contribution in [0.3, 0.4) is 0 Å². The molecule has 2 rings (SSSR count). The molecule has 0 aliphatic heterocycles. The van der Waals surface area contributed by atoms with Crippen LogP contribution in [0, 0.1) is 0 Å². The van der Waals surface area contributed by atoms with Crippen LogP contribution in [0.25, 0.3) is 0 Å². The van der Waals surface area contributed by atoms with Crippen LogP contribution in [-0.2, 0) is 5.41 Å². The first kappa shape index (κ1) is 15.5. The molecule has 0 radical (unpaired) electrons. The van der Waals surface area contributed by atoms with Crippen LogP contribution in [-0.4, -0.2) is 0 Å². The van der Waals surface area contributed by atoms with E-state index < -0.39 is 0 Å². The van der Waals surface area contributed by atoms with Crippen LogP contribution < -0.4 is 5.43 Å². The van der Waals surface area contributed by atoms with Crippen molar-refractivity contribution in [3.8, 4) is 0 Å². The van der Waals surface area contributed by atoms with Gasteiger partial charge in [0.1, 0.15) is 15.8 Å². The van der Waals surface area contributed by atoms with Gasteiger partial charge in [0.15, 0.2) is 5.09 Å². The highest BCUT2D eigenvalue weighted by molar-refractivity contribution is 7.99. The maximum absolute atomic E-state index is 12.1. The zero-order valence-electron chi connectivity index (χ0n) is 11.4. The van der Waals surface area contributed by atoms with Gasteiger partial charge in [-0.05, 0) is 12.1 Å². The summed E-state index contributed by atoms with van der Waals surface area (Å²) in [7, 11) is 0. The van der Waals surface area contributed by atoms with Crippen molar-refractivity contribution in [1.29, 1.82) is 0 Å². The quantitative estimate of drug-likeness (QED) is 0.739. The Labute approximate surface area is 132 Å². The molecule has 1 aromatic carbocycles. The van der Waals surface area contributed by atoms with E-state index in [0.29, 0.717) is 10.9 Å². The molecule has 0 atom stereocenters. The van der Waals surface area contributed by atoms with E-state index >= 15 is 0 Å². The van der Waals surface area contributed by atoms with E-state index in [1.165, 1.54) is 11.8 Å². The fourth-order valence-corrected chi connectivity index (χ4v) is 3.15. The minimum atomic E-state index is -0.386. The van der Waals surface area contributed by atoms with Gasteiger partial charge in [-0.1, -0.05) is 73.9 Å². The number of hydrogen-bond acceptors (Lipinski definition) is 3. The van der Waals surface area contributed by atoms with Crippen LogP contribution in [0.15, 0.2) is 49.5 Å². The van der Waals surface area contributed by atoms with Gasteiger partial charge >= 0.3 is 0 Å². The van der Waals surface area contributed by atoms with Crippen LogP contribution >= 0.6 is 35.0 Å². The van der Waals surface area contributed by atoms with E-state index in [1.807, 2.05) is 51.1 Å². The molecular formula is C15H14Cl2O2S. The average Bonchev–Trinajstić information content (AvgIpc) is 2.39. The van der Waals surface area contributed by atoms with E-state index in [1.54, 1.807) is 0 Å². The molecule has 0 fully saturated rings. The third kappa shape index (κ3) is 3.22. The molecule has 2 aromatic rings. The van der Waals surface area contributed by atoms with Crippen molar-refractivity contribution in [2.24, 2.45) is 0 Å². The summed E-state index contributed by atoms with van der Waals surface area (Å²) < 4.78 is 5.79. The molecular weight excluding hydrogens is 315 g/mol. The Morgan fingerprint density at radius 2 is 1.65 bits per heavy atom. The molecule has 0 amide bonds. The zero-order valence-corrected chi connectivity index (χ0v) is 13.7. The second kappa shape index (κ2) is 5.84. The van der Waals surface area contributed by atoms with Crippen LogP contribution in [0.2, 0.25) is 10.0 Å². The summed E-state index contributed by atoms with van der Waals surface area (Å²) in [6.07, 6.45) is 0. The minimum Gasteiger partial charge on any atom is -0.451 e. The molecule has 20 heavy (non-hydrogen) atoms. The Morgan fingerprint density at radius 3 is 2.20 bits per heavy atom. The lowest BCUT2D eigenvalue weighted by Crippen LogP contribution is -2.17. The Balaban J connectivity index is 2.54. The molecule has 0 saturated carbocycles. The second-order valence-electron chi connectivity index (χ2n) is 5.34. The molecule has 0 saturated heterocycles. The molecule has 0 aliphatic carbocycles. The minimum absolute atomic E-state index is 0.0249. The summed E-state index contributed by atoms with van der Waals surface area (Å²) in [5, 5.41) is 0.453. The van der Waals surface area contributed by atoms with Crippen LogP contribution in [0.1, 0.15) is 26.5 Å². The molecule has 0 unspecified atom stereocenters. The Morgan fingerprint density at radius 1 is 1.05 bits per heavy atom. The fraction of sp³-hybridized carbons (Fsp3) is 0.267. The van der Waals surface area contributed by atoms with Crippen molar-refractivity contribution in [2.75, 3.05) is 0 Å². The molecule has 5 heteroatoms. The number of rotatable bonds is 2. The highest BCUT2D eigenvalue weighted by Crippen LogP contribution is 2.37. The van der Waals surface area contributed by atoms with Gasteiger partial charge in [-0.3, -0.25) is 4.79 Å². The SMILES string of the molecule is CC(C)(C)c1oc(Sc2ccccc2)c(Cl)c(=O)c1Cl. The molecule has 0 bridgehead atoms. The van der Waals surface area contributed by atoms with Gasteiger partial charge in [0, 0.05) is 10.3 Å². The Kier molecular flexibility index (Phi) is 4.52. The van der Waals surface area contributed by atoms with Gasteiger partial charge in [-0.15, -0.1) is 0 Å². The largest absolute Gasteiger partial charge is 0.451 e. The van der Waals surface area contributed by atoms with Crippen molar-refractivity contribution >= 4 is 35.0 Å². The second-order valence-corrected chi connectivity index (χ2v) is 7.14. The lowest BCUT2D eigenvalue weighted by molar-refractivity contribution is 0.344. The summed E-state index contributed by atoms with van der Waals surface area (Å²) in [6, 6.07) is 9.59. The number of hydrogen-bond donors (Lipinski definition) is 0. The Hall–Kier alpha value is -0.900. The standard InChI is InChI=1S/C15H14Cl2O2S/c1-15(2,3)13-10(16)12(18)11(17)14(19-13)20-9-7-5-4-6-8-9/h4-8H,1-3H3. The van der Waals surface area contributed by atoms with E-state index in [9.17, 15) is 4.79 Å². The van der Waals surface area contributed by atoms with Crippen LogP contribution in [0.4, 0.5) is 0 Å². The first-order valence-electron chi connectivity index (χ1n) is 6.06. The van der Waals surface area contributed by atoms with Crippen molar-refractivity contribution in [3.05, 3.63) is 56.4 Å². The van der Waals surface area contributed by atoms with Gasteiger partial charge in [0.05, 0.1) is 0 Å². The predicted molar refractivity (Wildman–Crippen MR) is 84.3 cm³/mol. The van der Waals surface area contributed by atoms with Crippen molar-refractivity contribution in [1.82, 2.24) is 0 Å². The lowest BCUT2D eigenvalue weighted by atomic mass is 9.93. The topological polar surface area (TPSA) is 30.2 Å². The van der Waals surface area contributed by atoms with Gasteiger partial charge in [0.2, 0.25) is 5.43 Å². The van der Waals surface area contributed by atoms with E-state index in [2.05, 4.69) is 0 Å². The maximum Gasteiger partial charge on any atom is 0.223 e. The van der Waals surface area contributed by atoms with Gasteiger partial charge in [0.25, 0.3) is 0 Å². The molecule has 1 aromatic heterocycles. The zero-order chi connectivity index (χ0) is 14.9. The molecule has 1 heterocycles. The summed E-state index contributed by atoms with van der Waals surface area (Å²) in [4.78, 5) is 13.1. The van der Waals surface area contributed by atoms with Gasteiger partial charge in [-0.2, -0.15) is 0 Å². The summed E-state index contributed by atoms with van der Waals surface area (Å²) in [6.45, 7) is 5.80. The first-order chi connectivity index (χ1) is 9.30. The number of benzene rings is 1. The van der Waals surface area contributed by atoms with Crippen molar-refractivity contribution < 1.29 is 4.42 Å². The average molecular weight is 329 g/mol. The lowest BCUT2D eigenvalue weighted by Gasteiger charge is -2.19. The smallest absolute Gasteiger partial charge is 0.223 e. The maximum atomic E-state index is 12.1. The van der Waals surface area contributed by atoms with Gasteiger partial charge in [-0.25, -0.2) is 0 Å². The molecule has 2 nitrogen and oxygen atoms in total. The first-order valence-corrected chi connectivity index (χ1v) is 7.63. The molecule has 0 aliphatic rings. The van der Waals surface area contributed by atoms with Crippen molar-refractivity contribution in [2.45, 2.75) is 36.2 Å². The van der Waals surface area contributed by atoms with E-state index in [0.717, 1.165) is 4.90 Å². The Bertz CT molecular complexity index is 673. The van der Waals surface area contributed by atoms with Gasteiger partial charge < -0.3 is 4.42 Å². The highest BCUT2D eigenvalue weighted by atomic mass is 35.5. The highest BCUT2D eigenvalue weighted by Gasteiger charge is 2.26. The summed E-state index contributed by atoms with van der Waals surface area (Å²) >= 11 is 13.4. The molecule has 106 valence electrons. The summed E-state index contributed by atoms with van der Waals surface area (Å²) in [5.41, 5.74) is -0.754. The third-order valence-electron chi connectivity index (χ3n) is 2.61. The fourth-order valence-electron chi connectivity index (χ4n) is 1.62.